The number of ether oxygens (including phenoxy) is 1. The summed E-state index contributed by atoms with van der Waals surface area (Å²) in [4.78, 5) is 34.1. The Morgan fingerprint density at radius 3 is 2.83 bits per heavy atom. The third kappa shape index (κ3) is 1.96. The molecular weight excluding hydrogens is 265 g/mol. The molecule has 0 saturated carbocycles. The number of aliphatic carboxylic acids is 1. The number of β-lactam (4-membered cyclic amide) rings is 1. The first-order chi connectivity index (χ1) is 8.43. The topological polar surface area (TPSA) is 83.9 Å². The van der Waals surface area contributed by atoms with E-state index in [-0.39, 0.29) is 18.1 Å². The number of hydrogen-bond donors (Lipinski definition) is 1. The molecule has 1 unspecified atom stereocenters. The molecule has 1 amide bonds. The molecule has 98 valence electrons. The molecule has 2 heterocycles. The largest absolute Gasteiger partial charge is 0.477 e. The Hall–Kier alpha value is -1.57. The lowest BCUT2D eigenvalue weighted by Crippen LogP contribution is -2.63. The fourth-order valence-corrected chi connectivity index (χ4v) is 3.04. The minimum absolute atomic E-state index is 0.197. The van der Waals surface area contributed by atoms with E-state index >= 15 is 0 Å². The first-order valence-corrected chi connectivity index (χ1v) is 6.15. The van der Waals surface area contributed by atoms with Crippen molar-refractivity contribution in [3.05, 3.63) is 11.3 Å². The van der Waals surface area contributed by atoms with E-state index < -0.39 is 29.4 Å². The van der Waals surface area contributed by atoms with Crippen LogP contribution in [0.15, 0.2) is 11.3 Å². The van der Waals surface area contributed by atoms with Gasteiger partial charge in [-0.2, -0.15) is 0 Å². The van der Waals surface area contributed by atoms with Gasteiger partial charge >= 0.3 is 11.9 Å². The van der Waals surface area contributed by atoms with Gasteiger partial charge in [0.25, 0.3) is 5.91 Å². The van der Waals surface area contributed by atoms with Gasteiger partial charge in [-0.15, -0.1) is 11.8 Å². The van der Waals surface area contributed by atoms with Crippen molar-refractivity contribution in [2.75, 3.05) is 12.4 Å². The number of halogens is 1. The first kappa shape index (κ1) is 12.9. The highest BCUT2D eigenvalue weighted by atomic mass is 32.2. The maximum Gasteiger partial charge on any atom is 0.352 e. The van der Waals surface area contributed by atoms with Gasteiger partial charge in [-0.25, -0.2) is 9.18 Å². The van der Waals surface area contributed by atoms with Crippen LogP contribution in [0.1, 0.15) is 6.92 Å². The molecule has 0 bridgehead atoms. The van der Waals surface area contributed by atoms with Crippen molar-refractivity contribution in [3.8, 4) is 0 Å². The zero-order chi connectivity index (χ0) is 13.4. The van der Waals surface area contributed by atoms with Gasteiger partial charge in [-0.05, 0) is 0 Å². The lowest BCUT2D eigenvalue weighted by Gasteiger charge is -2.45. The van der Waals surface area contributed by atoms with Crippen LogP contribution in [-0.2, 0) is 19.1 Å². The summed E-state index contributed by atoms with van der Waals surface area (Å²) in [5.74, 6) is -2.49. The summed E-state index contributed by atoms with van der Waals surface area (Å²) in [6.45, 7) is 1.00. The molecule has 1 fully saturated rings. The van der Waals surface area contributed by atoms with Crippen LogP contribution in [0.2, 0.25) is 0 Å². The summed E-state index contributed by atoms with van der Waals surface area (Å²) in [5.41, 5.74) is 0.0399. The second-order valence-corrected chi connectivity index (χ2v) is 4.95. The molecule has 0 aromatic heterocycles. The lowest BCUT2D eigenvalue weighted by molar-refractivity contribution is -0.153. The molecule has 0 aromatic carbocycles. The number of amides is 1. The summed E-state index contributed by atoms with van der Waals surface area (Å²) in [6.07, 6.45) is -1.65. The Balaban J connectivity index is 2.26. The molecule has 1 saturated heterocycles. The number of fused-ring (bicyclic) bond motifs is 1. The number of carboxylic acids is 1. The van der Waals surface area contributed by atoms with E-state index in [4.69, 9.17) is 9.84 Å². The predicted molar refractivity (Wildman–Crippen MR) is 59.3 cm³/mol. The normalized spacial score (nSPS) is 26.6. The van der Waals surface area contributed by atoms with Gasteiger partial charge in [-0.3, -0.25) is 14.5 Å². The fraction of sp³-hybridized carbons (Fsp3) is 0.500. The summed E-state index contributed by atoms with van der Waals surface area (Å²) in [7, 11) is 0. The van der Waals surface area contributed by atoms with Gasteiger partial charge in [-0.1, -0.05) is 0 Å². The zero-order valence-corrected chi connectivity index (χ0v) is 10.2. The highest BCUT2D eigenvalue weighted by Crippen LogP contribution is 2.41. The average Bonchev–Trinajstić information content (AvgIpc) is 2.33. The number of rotatable bonds is 3. The minimum atomic E-state index is -1.65. The highest BCUT2D eigenvalue weighted by Gasteiger charge is 2.54. The monoisotopic (exact) mass is 275 g/mol. The van der Waals surface area contributed by atoms with Gasteiger partial charge in [0, 0.05) is 18.2 Å². The van der Waals surface area contributed by atoms with E-state index in [0.29, 0.717) is 5.57 Å². The van der Waals surface area contributed by atoms with Crippen molar-refractivity contribution < 1.29 is 28.6 Å². The Morgan fingerprint density at radius 1 is 1.61 bits per heavy atom. The summed E-state index contributed by atoms with van der Waals surface area (Å²) in [6, 6.07) is 0. The van der Waals surface area contributed by atoms with Gasteiger partial charge in [0.2, 0.25) is 6.17 Å². The Morgan fingerprint density at radius 2 is 2.28 bits per heavy atom. The standard InChI is InChI=1S/C10H10FNO5S/c1-4(13)17-2-5-3-18-9-6(11)8(14)12(9)7(5)10(15)16/h6,9H,2-3H2,1H3,(H,15,16)/t6-,9?/m1/s1. The third-order valence-electron chi connectivity index (χ3n) is 2.63. The highest BCUT2D eigenvalue weighted by molar-refractivity contribution is 8.00. The van der Waals surface area contributed by atoms with E-state index in [2.05, 4.69) is 0 Å². The van der Waals surface area contributed by atoms with E-state index in [1.54, 1.807) is 0 Å². The Bertz CT molecular complexity index is 463. The van der Waals surface area contributed by atoms with E-state index in [1.165, 1.54) is 6.92 Å². The fourth-order valence-electron chi connectivity index (χ4n) is 1.80. The van der Waals surface area contributed by atoms with Gasteiger partial charge in [0.05, 0.1) is 0 Å². The third-order valence-corrected chi connectivity index (χ3v) is 3.94. The smallest absolute Gasteiger partial charge is 0.352 e. The lowest BCUT2D eigenvalue weighted by atomic mass is 10.1. The molecule has 2 aliphatic heterocycles. The number of carbonyl (C=O) groups excluding carboxylic acids is 2. The van der Waals surface area contributed by atoms with Crippen molar-refractivity contribution in [3.63, 3.8) is 0 Å². The molecule has 0 aromatic rings. The molecule has 2 atom stereocenters. The van der Waals surface area contributed by atoms with Gasteiger partial charge in [0.15, 0.2) is 0 Å². The van der Waals surface area contributed by atoms with Crippen molar-refractivity contribution in [2.24, 2.45) is 0 Å². The van der Waals surface area contributed by atoms with Crippen molar-refractivity contribution >= 4 is 29.6 Å². The molecule has 6 nitrogen and oxygen atoms in total. The van der Waals surface area contributed by atoms with Crippen molar-refractivity contribution in [2.45, 2.75) is 18.5 Å². The number of alkyl halides is 1. The van der Waals surface area contributed by atoms with Crippen LogP contribution in [-0.4, -0.2) is 51.8 Å². The second kappa shape index (κ2) is 4.60. The maximum absolute atomic E-state index is 13.2. The molecule has 1 N–H and O–H groups in total. The molecule has 0 spiro atoms. The Kier molecular flexibility index (Phi) is 3.29. The summed E-state index contributed by atoms with van der Waals surface area (Å²) < 4.78 is 17.9. The Labute approximate surface area is 106 Å². The van der Waals surface area contributed by atoms with Crippen LogP contribution in [0.25, 0.3) is 0 Å². The maximum atomic E-state index is 13.2. The predicted octanol–water partition coefficient (Wildman–Crippen LogP) is 0.141. The number of carbonyl (C=O) groups is 3. The van der Waals surface area contributed by atoms with Crippen LogP contribution in [0.5, 0.6) is 0 Å². The minimum Gasteiger partial charge on any atom is -0.477 e. The van der Waals surface area contributed by atoms with E-state index in [0.717, 1.165) is 16.7 Å². The quantitative estimate of drug-likeness (QED) is 0.582. The van der Waals surface area contributed by atoms with Gasteiger partial charge < -0.3 is 9.84 Å². The van der Waals surface area contributed by atoms with Gasteiger partial charge in [0.1, 0.15) is 17.7 Å². The van der Waals surface area contributed by atoms with Crippen molar-refractivity contribution in [1.82, 2.24) is 4.90 Å². The van der Waals surface area contributed by atoms with Crippen LogP contribution in [0, 0.1) is 0 Å². The number of carboxylic acid groups (broad SMARTS) is 1. The van der Waals surface area contributed by atoms with Crippen LogP contribution in [0.4, 0.5) is 4.39 Å². The van der Waals surface area contributed by atoms with Crippen LogP contribution < -0.4 is 0 Å². The van der Waals surface area contributed by atoms with Crippen LogP contribution >= 0.6 is 11.8 Å². The zero-order valence-electron chi connectivity index (χ0n) is 9.38. The molecule has 2 aliphatic rings. The molecule has 8 heteroatoms. The second-order valence-electron chi connectivity index (χ2n) is 3.85. The first-order valence-electron chi connectivity index (χ1n) is 5.11. The number of esters is 1. The number of hydrogen-bond acceptors (Lipinski definition) is 5. The molecule has 18 heavy (non-hydrogen) atoms. The summed E-state index contributed by atoms with van der Waals surface area (Å²) >= 11 is 1.12. The number of thioether (sulfide) groups is 1. The SMILES string of the molecule is CC(=O)OCC1=C(C(=O)O)N2C(=O)[C@@H](F)C2SC1. The summed E-state index contributed by atoms with van der Waals surface area (Å²) in [5, 5.41) is 8.30. The molecule has 0 radical (unpaired) electrons. The van der Waals surface area contributed by atoms with Crippen molar-refractivity contribution in [1.29, 1.82) is 0 Å². The number of nitrogens with zero attached hydrogens (tertiary/aromatic N) is 1. The van der Waals surface area contributed by atoms with E-state index in [1.807, 2.05) is 0 Å². The molecule has 0 aliphatic carbocycles. The molecule has 2 rings (SSSR count). The average molecular weight is 275 g/mol. The van der Waals surface area contributed by atoms with Crippen LogP contribution in [0.3, 0.4) is 0 Å². The molecular formula is C10H10FNO5S. The van der Waals surface area contributed by atoms with E-state index in [9.17, 15) is 18.8 Å².